The van der Waals surface area contributed by atoms with Crippen LogP contribution in [0.15, 0.2) is 49.1 Å². The number of carbonyl (C=O) groups excluding carboxylic acids is 1. The molecule has 40 heavy (non-hydrogen) atoms. The van der Waals surface area contributed by atoms with Gasteiger partial charge in [0.1, 0.15) is 24.1 Å². The van der Waals surface area contributed by atoms with E-state index in [2.05, 4.69) is 47.6 Å². The van der Waals surface area contributed by atoms with Crippen LogP contribution in [0.25, 0.3) is 11.4 Å². The molecule has 12 heteroatoms. The molecule has 2 N–H and O–H groups in total. The molecule has 0 atom stereocenters. The Morgan fingerprint density at radius 3 is 2.60 bits per heavy atom. The Morgan fingerprint density at radius 2 is 1.88 bits per heavy atom. The number of methoxy groups -OCH3 is 1. The number of Topliss-reactive ketones (excluding diaryl/α,β-unsaturated/α-hetero) is 1. The molecule has 208 valence electrons. The fourth-order valence-electron chi connectivity index (χ4n) is 4.53. The Labute approximate surface area is 232 Å². The van der Waals surface area contributed by atoms with E-state index >= 15 is 0 Å². The molecule has 12 nitrogen and oxygen atoms in total. The lowest BCUT2D eigenvalue weighted by Crippen LogP contribution is -2.35. The van der Waals surface area contributed by atoms with Gasteiger partial charge in [-0.2, -0.15) is 10.1 Å². The number of piperidine rings is 1. The molecule has 5 rings (SSSR count). The van der Waals surface area contributed by atoms with Crippen LogP contribution < -0.4 is 20.1 Å². The molecular weight excluding hydrogens is 510 g/mol. The molecule has 0 amide bonds. The second kappa shape index (κ2) is 12.1. The van der Waals surface area contributed by atoms with Gasteiger partial charge in [0, 0.05) is 45.0 Å². The number of nitrogens with one attached hydrogen (secondary N) is 2. The second-order valence-electron chi connectivity index (χ2n) is 9.62. The number of anilines is 4. The van der Waals surface area contributed by atoms with E-state index < -0.39 is 0 Å². The molecule has 1 aliphatic rings. The maximum Gasteiger partial charge on any atom is 0.318 e. The highest BCUT2D eigenvalue weighted by molar-refractivity contribution is 6.02. The van der Waals surface area contributed by atoms with E-state index in [0.29, 0.717) is 52.6 Å². The van der Waals surface area contributed by atoms with Gasteiger partial charge in [-0.05, 0) is 38.1 Å². The first-order chi connectivity index (χ1) is 19.4. The van der Waals surface area contributed by atoms with Crippen LogP contribution in [0.5, 0.6) is 11.8 Å². The van der Waals surface area contributed by atoms with E-state index in [-0.39, 0.29) is 11.9 Å². The molecule has 0 spiro atoms. The molecular formula is C28H33N9O3. The topological polar surface area (TPSA) is 132 Å². The summed E-state index contributed by atoms with van der Waals surface area (Å²) >= 11 is 0. The highest BCUT2D eigenvalue weighted by Crippen LogP contribution is 2.37. The number of benzene rings is 1. The average molecular weight is 544 g/mol. The zero-order valence-corrected chi connectivity index (χ0v) is 23.1. The number of para-hydroxylation sites is 1. The quantitative estimate of drug-likeness (QED) is 0.279. The van der Waals surface area contributed by atoms with E-state index in [4.69, 9.17) is 9.47 Å². The number of aromatic nitrogens is 6. The first-order valence-corrected chi connectivity index (χ1v) is 13.2. The minimum absolute atomic E-state index is 0.0427. The van der Waals surface area contributed by atoms with Gasteiger partial charge in [-0.1, -0.05) is 13.0 Å². The van der Waals surface area contributed by atoms with Gasteiger partial charge in [-0.15, -0.1) is 0 Å². The zero-order valence-electron chi connectivity index (χ0n) is 23.1. The predicted octanol–water partition coefficient (Wildman–Crippen LogP) is 4.23. The lowest BCUT2D eigenvalue weighted by atomic mass is 10.1. The molecule has 0 aliphatic carbocycles. The lowest BCUT2D eigenvalue weighted by molar-refractivity contribution is 0.0988. The van der Waals surface area contributed by atoms with Crippen LogP contribution in [0, 0.1) is 0 Å². The molecule has 3 aromatic heterocycles. The van der Waals surface area contributed by atoms with Crippen LogP contribution in [-0.2, 0) is 7.05 Å². The van der Waals surface area contributed by atoms with Gasteiger partial charge in [-0.3, -0.25) is 9.48 Å². The van der Waals surface area contributed by atoms with Gasteiger partial charge in [0.25, 0.3) is 0 Å². The average Bonchev–Trinajstić information content (AvgIpc) is 3.40. The minimum Gasteiger partial charge on any atom is -0.494 e. The Hall–Kier alpha value is -4.58. The molecule has 0 bridgehead atoms. The van der Waals surface area contributed by atoms with E-state index in [1.807, 2.05) is 25.1 Å². The number of aryl methyl sites for hydroxylation is 1. The summed E-state index contributed by atoms with van der Waals surface area (Å²) in [7, 11) is 5.50. The number of hydrogen-bond acceptors (Lipinski definition) is 11. The van der Waals surface area contributed by atoms with Crippen LogP contribution >= 0.6 is 0 Å². The summed E-state index contributed by atoms with van der Waals surface area (Å²) in [5.41, 5.74) is 2.42. The number of ether oxygens (including phenoxy) is 2. The van der Waals surface area contributed by atoms with Crippen molar-refractivity contribution in [2.75, 3.05) is 37.9 Å². The number of likely N-dealkylation sites (tertiary alicyclic amines) is 1. The Morgan fingerprint density at radius 1 is 1.05 bits per heavy atom. The van der Waals surface area contributed by atoms with E-state index in [1.165, 1.54) is 0 Å². The number of pyridine rings is 1. The van der Waals surface area contributed by atoms with Crippen molar-refractivity contribution in [2.45, 2.75) is 32.3 Å². The number of rotatable bonds is 10. The first-order valence-electron chi connectivity index (χ1n) is 13.2. The maximum atomic E-state index is 12.8. The van der Waals surface area contributed by atoms with Crippen molar-refractivity contribution in [2.24, 2.45) is 7.05 Å². The van der Waals surface area contributed by atoms with Crippen molar-refractivity contribution in [1.82, 2.24) is 34.6 Å². The predicted molar refractivity (Wildman–Crippen MR) is 152 cm³/mol. The normalized spacial score (nSPS) is 14.1. The van der Waals surface area contributed by atoms with Crippen LogP contribution in [0.1, 0.15) is 36.5 Å². The lowest BCUT2D eigenvalue weighted by Gasteiger charge is -2.28. The van der Waals surface area contributed by atoms with Gasteiger partial charge in [0.05, 0.1) is 29.6 Å². The highest BCUT2D eigenvalue weighted by Gasteiger charge is 2.20. The van der Waals surface area contributed by atoms with Gasteiger partial charge in [0.15, 0.2) is 17.4 Å². The van der Waals surface area contributed by atoms with Crippen molar-refractivity contribution in [3.8, 4) is 23.1 Å². The molecule has 0 saturated carbocycles. The van der Waals surface area contributed by atoms with E-state index in [1.54, 1.807) is 49.7 Å². The van der Waals surface area contributed by atoms with Crippen molar-refractivity contribution in [1.29, 1.82) is 0 Å². The summed E-state index contributed by atoms with van der Waals surface area (Å²) < 4.78 is 13.4. The Balaban J connectivity index is 1.41. The van der Waals surface area contributed by atoms with E-state index in [9.17, 15) is 4.79 Å². The number of ketones is 1. The first kappa shape index (κ1) is 27.0. The summed E-state index contributed by atoms with van der Waals surface area (Å²) in [6.07, 6.45) is 7.13. The molecule has 0 radical (unpaired) electrons. The maximum absolute atomic E-state index is 12.8. The number of hydrogen-bond donors (Lipinski definition) is 2. The summed E-state index contributed by atoms with van der Waals surface area (Å²) in [6, 6.07) is 9.47. The van der Waals surface area contributed by atoms with Crippen LogP contribution in [0.2, 0.25) is 0 Å². The minimum atomic E-state index is -0.0427. The zero-order chi connectivity index (χ0) is 28.1. The summed E-state index contributed by atoms with van der Waals surface area (Å²) in [5.74, 6) is 2.08. The fraction of sp³-hybridized carbons (Fsp3) is 0.357. The van der Waals surface area contributed by atoms with Crippen LogP contribution in [-0.4, -0.2) is 73.8 Å². The van der Waals surface area contributed by atoms with Gasteiger partial charge in [-0.25, -0.2) is 15.0 Å². The Bertz CT molecular complexity index is 1480. The monoisotopic (exact) mass is 543 g/mol. The molecule has 4 heterocycles. The van der Waals surface area contributed by atoms with Gasteiger partial charge < -0.3 is 25.0 Å². The van der Waals surface area contributed by atoms with Gasteiger partial charge in [0.2, 0.25) is 0 Å². The molecule has 1 aromatic carbocycles. The van der Waals surface area contributed by atoms with E-state index in [0.717, 1.165) is 31.5 Å². The fourth-order valence-corrected chi connectivity index (χ4v) is 4.53. The number of nitrogens with zero attached hydrogens (tertiary/aromatic N) is 7. The summed E-state index contributed by atoms with van der Waals surface area (Å²) in [5, 5.41) is 11.0. The third-order valence-corrected chi connectivity index (χ3v) is 6.68. The largest absolute Gasteiger partial charge is 0.494 e. The second-order valence-corrected chi connectivity index (χ2v) is 9.62. The summed E-state index contributed by atoms with van der Waals surface area (Å²) in [6.45, 7) is 3.79. The third-order valence-electron chi connectivity index (χ3n) is 6.68. The molecule has 1 aliphatic heterocycles. The third kappa shape index (κ3) is 6.18. The van der Waals surface area contributed by atoms with Crippen LogP contribution in [0.4, 0.5) is 23.0 Å². The summed E-state index contributed by atoms with van der Waals surface area (Å²) in [4.78, 5) is 32.7. The molecule has 0 unspecified atom stereocenters. The highest BCUT2D eigenvalue weighted by atomic mass is 16.5. The number of carbonyl (C=O) groups is 1. The SMILES string of the molecule is CCC(=O)c1cnc(Nc2ccnc(OC3CCN(C)CC3)n2)cc1Nc1cccc(-c2ncn(C)n2)c1OC. The standard InChI is InChI=1S/C28H33N9O3/c1-5-23(38)20-16-30-25(33-24-9-12-29-28(34-24)40-18-10-13-36(2)14-11-18)15-22(20)32-21-8-6-7-19(26(21)39-4)27-31-17-37(3)35-27/h6-9,12,15-18H,5,10-11,13-14H2,1-4H3,(H2,29,30,32,33,34). The molecule has 1 saturated heterocycles. The van der Waals surface area contributed by atoms with Crippen molar-refractivity contribution < 1.29 is 14.3 Å². The molecule has 4 aromatic rings. The van der Waals surface area contributed by atoms with Crippen molar-refractivity contribution >= 4 is 28.8 Å². The van der Waals surface area contributed by atoms with Crippen molar-refractivity contribution in [3.63, 3.8) is 0 Å². The van der Waals surface area contributed by atoms with Crippen LogP contribution in [0.3, 0.4) is 0 Å². The smallest absolute Gasteiger partial charge is 0.318 e. The Kier molecular flexibility index (Phi) is 8.15. The van der Waals surface area contributed by atoms with Gasteiger partial charge >= 0.3 is 6.01 Å². The molecule has 1 fully saturated rings. The van der Waals surface area contributed by atoms with Crippen molar-refractivity contribution in [3.05, 3.63) is 54.6 Å².